The van der Waals surface area contributed by atoms with E-state index in [2.05, 4.69) is 16.0 Å². The highest BCUT2D eigenvalue weighted by Gasteiger charge is 2.26. The molecule has 28 heavy (non-hydrogen) atoms. The summed E-state index contributed by atoms with van der Waals surface area (Å²) in [6, 6.07) is 13.3. The van der Waals surface area contributed by atoms with Crippen molar-refractivity contribution >= 4 is 17.6 Å². The third kappa shape index (κ3) is 4.73. The minimum absolute atomic E-state index is 0.0783. The van der Waals surface area contributed by atoms with E-state index in [4.69, 9.17) is 9.47 Å². The number of hydrogen-bond acceptors (Lipinski definition) is 4. The Morgan fingerprint density at radius 3 is 2.36 bits per heavy atom. The van der Waals surface area contributed by atoms with Gasteiger partial charge in [0.05, 0.1) is 6.04 Å². The van der Waals surface area contributed by atoms with Crippen molar-refractivity contribution in [1.82, 2.24) is 10.6 Å². The molecule has 148 valence electrons. The number of carbonyl (C=O) groups excluding carboxylic acids is 2. The zero-order valence-corrected chi connectivity index (χ0v) is 16.2. The predicted octanol–water partition coefficient (Wildman–Crippen LogP) is 3.44. The van der Waals surface area contributed by atoms with Crippen LogP contribution in [0.5, 0.6) is 11.5 Å². The van der Waals surface area contributed by atoms with Crippen LogP contribution in [0.2, 0.25) is 0 Å². The zero-order chi connectivity index (χ0) is 20.1. The highest BCUT2D eigenvalue weighted by atomic mass is 16.7. The van der Waals surface area contributed by atoms with Crippen LogP contribution < -0.4 is 25.4 Å². The van der Waals surface area contributed by atoms with Crippen LogP contribution in [0.25, 0.3) is 0 Å². The van der Waals surface area contributed by atoms with Crippen molar-refractivity contribution in [3.05, 3.63) is 54.1 Å². The van der Waals surface area contributed by atoms with Crippen molar-refractivity contribution in [2.24, 2.45) is 5.92 Å². The Hall–Kier alpha value is -3.22. The number of urea groups is 1. The maximum absolute atomic E-state index is 12.8. The number of para-hydroxylation sites is 1. The molecule has 1 aliphatic rings. The lowest BCUT2D eigenvalue weighted by Crippen LogP contribution is -2.51. The predicted molar refractivity (Wildman–Crippen MR) is 106 cm³/mol. The van der Waals surface area contributed by atoms with E-state index in [-0.39, 0.29) is 24.7 Å². The molecule has 0 spiro atoms. The Balaban J connectivity index is 1.61. The van der Waals surface area contributed by atoms with Crippen molar-refractivity contribution in [3.63, 3.8) is 0 Å². The quantitative estimate of drug-likeness (QED) is 0.713. The summed E-state index contributed by atoms with van der Waals surface area (Å²) in [5, 5.41) is 8.45. The van der Waals surface area contributed by atoms with Gasteiger partial charge in [-0.15, -0.1) is 0 Å². The first-order valence-electron chi connectivity index (χ1n) is 9.26. The fraction of sp³-hybridized carbons (Fsp3) is 0.333. The van der Waals surface area contributed by atoms with Gasteiger partial charge in [-0.25, -0.2) is 4.79 Å². The molecule has 0 aliphatic carbocycles. The Labute approximate surface area is 164 Å². The molecule has 0 aromatic heterocycles. The average Bonchev–Trinajstić information content (AvgIpc) is 3.14. The van der Waals surface area contributed by atoms with Crippen LogP contribution >= 0.6 is 0 Å². The number of rotatable bonds is 6. The van der Waals surface area contributed by atoms with Crippen molar-refractivity contribution in [2.45, 2.75) is 32.9 Å². The second-order valence-electron chi connectivity index (χ2n) is 7.03. The molecular formula is C21H25N3O4. The van der Waals surface area contributed by atoms with Gasteiger partial charge >= 0.3 is 6.03 Å². The number of hydrogen-bond donors (Lipinski definition) is 3. The van der Waals surface area contributed by atoms with E-state index in [1.165, 1.54) is 0 Å². The van der Waals surface area contributed by atoms with Crippen molar-refractivity contribution in [1.29, 1.82) is 0 Å². The number of amides is 3. The molecule has 0 unspecified atom stereocenters. The van der Waals surface area contributed by atoms with Crippen LogP contribution in [-0.2, 0) is 4.79 Å². The number of carbonyl (C=O) groups is 2. The summed E-state index contributed by atoms with van der Waals surface area (Å²) >= 11 is 0. The van der Waals surface area contributed by atoms with E-state index in [1.54, 1.807) is 12.1 Å². The number of benzene rings is 2. The van der Waals surface area contributed by atoms with E-state index < -0.39 is 12.1 Å². The maximum atomic E-state index is 12.8. The third-order valence-corrected chi connectivity index (χ3v) is 4.52. The second-order valence-corrected chi connectivity index (χ2v) is 7.03. The van der Waals surface area contributed by atoms with Crippen LogP contribution in [0.1, 0.15) is 32.4 Å². The largest absolute Gasteiger partial charge is 0.454 e. The van der Waals surface area contributed by atoms with Gasteiger partial charge in [0.25, 0.3) is 0 Å². The summed E-state index contributed by atoms with van der Waals surface area (Å²) in [5.41, 5.74) is 1.56. The fourth-order valence-electron chi connectivity index (χ4n) is 2.93. The number of anilines is 1. The van der Waals surface area contributed by atoms with E-state index in [9.17, 15) is 9.59 Å². The molecule has 3 rings (SSSR count). The molecule has 0 radical (unpaired) electrons. The summed E-state index contributed by atoms with van der Waals surface area (Å²) in [7, 11) is 0. The van der Waals surface area contributed by atoms with Crippen LogP contribution in [0.3, 0.4) is 0 Å². The van der Waals surface area contributed by atoms with E-state index in [0.717, 1.165) is 5.56 Å². The summed E-state index contributed by atoms with van der Waals surface area (Å²) in [6.45, 7) is 5.86. The third-order valence-electron chi connectivity index (χ3n) is 4.52. The smallest absolute Gasteiger partial charge is 0.319 e. The van der Waals surface area contributed by atoms with Crippen LogP contribution in [-0.4, -0.2) is 24.8 Å². The number of nitrogens with one attached hydrogen (secondary N) is 3. The second kappa shape index (κ2) is 8.65. The lowest BCUT2D eigenvalue weighted by atomic mass is 10.0. The Morgan fingerprint density at radius 2 is 1.64 bits per heavy atom. The molecule has 1 heterocycles. The summed E-state index contributed by atoms with van der Waals surface area (Å²) < 4.78 is 10.7. The first-order valence-corrected chi connectivity index (χ1v) is 9.26. The molecule has 0 fully saturated rings. The molecule has 0 saturated carbocycles. The van der Waals surface area contributed by atoms with Crippen molar-refractivity contribution < 1.29 is 19.1 Å². The molecular weight excluding hydrogens is 358 g/mol. The number of ether oxygens (including phenoxy) is 2. The van der Waals surface area contributed by atoms with Gasteiger partial charge in [0.1, 0.15) is 6.04 Å². The first-order chi connectivity index (χ1) is 13.4. The minimum atomic E-state index is -0.667. The molecule has 7 heteroatoms. The summed E-state index contributed by atoms with van der Waals surface area (Å²) in [6.07, 6.45) is 0. The zero-order valence-electron chi connectivity index (χ0n) is 16.2. The first kappa shape index (κ1) is 19.5. The minimum Gasteiger partial charge on any atom is -0.454 e. The lowest BCUT2D eigenvalue weighted by Gasteiger charge is -2.24. The lowest BCUT2D eigenvalue weighted by molar-refractivity contribution is -0.124. The van der Waals surface area contributed by atoms with Gasteiger partial charge in [0, 0.05) is 5.69 Å². The Morgan fingerprint density at radius 1 is 0.929 bits per heavy atom. The van der Waals surface area contributed by atoms with E-state index >= 15 is 0 Å². The van der Waals surface area contributed by atoms with Crippen LogP contribution in [0, 0.1) is 5.92 Å². The van der Waals surface area contributed by atoms with Gasteiger partial charge in [-0.1, -0.05) is 38.1 Å². The topological polar surface area (TPSA) is 88.7 Å². The van der Waals surface area contributed by atoms with Crippen molar-refractivity contribution in [3.8, 4) is 11.5 Å². The van der Waals surface area contributed by atoms with Gasteiger partial charge in [-0.2, -0.15) is 0 Å². The molecule has 2 aromatic carbocycles. The fourth-order valence-corrected chi connectivity index (χ4v) is 2.93. The van der Waals surface area contributed by atoms with Crippen LogP contribution in [0.4, 0.5) is 10.5 Å². The van der Waals surface area contributed by atoms with Gasteiger partial charge in [0.2, 0.25) is 12.7 Å². The highest BCUT2D eigenvalue weighted by Crippen LogP contribution is 2.34. The SMILES string of the molecule is CC(C)[C@@H](NC(=O)Nc1ccccc1)C(=O)N[C@H](C)c1ccc2c(c1)OCO2. The normalized spacial score (nSPS) is 14.3. The van der Waals surface area contributed by atoms with Gasteiger partial charge in [-0.3, -0.25) is 4.79 Å². The van der Waals surface area contributed by atoms with Crippen LogP contribution in [0.15, 0.2) is 48.5 Å². The number of fused-ring (bicyclic) bond motifs is 1. The molecule has 3 N–H and O–H groups in total. The van der Waals surface area contributed by atoms with Gasteiger partial charge < -0.3 is 25.4 Å². The maximum Gasteiger partial charge on any atom is 0.319 e. The molecule has 2 atom stereocenters. The molecule has 3 amide bonds. The summed E-state index contributed by atoms with van der Waals surface area (Å²) in [4.78, 5) is 25.1. The standard InChI is InChI=1S/C21H25N3O4/c1-13(2)19(24-21(26)23-16-7-5-4-6-8-16)20(25)22-14(3)15-9-10-17-18(11-15)28-12-27-17/h4-11,13-14,19H,12H2,1-3H3,(H,22,25)(H2,23,24,26)/t14-,19-/m1/s1. The Kier molecular flexibility index (Phi) is 6.03. The van der Waals surface area contributed by atoms with Gasteiger partial charge in [-0.05, 0) is 42.7 Å². The van der Waals surface area contributed by atoms with Crippen molar-refractivity contribution in [2.75, 3.05) is 12.1 Å². The molecule has 1 aliphatic heterocycles. The highest BCUT2D eigenvalue weighted by molar-refractivity contribution is 5.93. The molecule has 7 nitrogen and oxygen atoms in total. The molecule has 2 aromatic rings. The monoisotopic (exact) mass is 383 g/mol. The summed E-state index contributed by atoms with van der Waals surface area (Å²) in [5.74, 6) is 1.04. The Bertz CT molecular complexity index is 839. The average molecular weight is 383 g/mol. The molecule has 0 saturated heterocycles. The van der Waals surface area contributed by atoms with Gasteiger partial charge in [0.15, 0.2) is 11.5 Å². The van der Waals surface area contributed by atoms with E-state index in [0.29, 0.717) is 17.2 Å². The molecule has 0 bridgehead atoms. The van der Waals surface area contributed by atoms with E-state index in [1.807, 2.05) is 57.2 Å².